The molecular weight excluding hydrogens is 321 g/mol. The molecule has 0 aliphatic carbocycles. The van der Waals surface area contributed by atoms with Gasteiger partial charge in [-0.2, -0.15) is 0 Å². The number of unbranched alkanes of at least 4 members (excludes halogenated alkanes) is 8. The summed E-state index contributed by atoms with van der Waals surface area (Å²) in [6.45, 7) is 2.20. The quantitative estimate of drug-likeness (QED) is 0.174. The van der Waals surface area contributed by atoms with E-state index in [-0.39, 0.29) is 6.10 Å². The minimum Gasteiger partial charge on any atom is -0.481 e. The van der Waals surface area contributed by atoms with Crippen LogP contribution in [0.25, 0.3) is 0 Å². The molecule has 0 rings (SSSR count). The van der Waals surface area contributed by atoms with Crippen molar-refractivity contribution in [3.8, 4) is 0 Å². The summed E-state index contributed by atoms with van der Waals surface area (Å²) in [5.74, 6) is -0.689. The molecule has 6 N–H and O–H groups in total. The van der Waals surface area contributed by atoms with Crippen LogP contribution in [0.5, 0.6) is 0 Å². The van der Waals surface area contributed by atoms with Crippen LogP contribution in [-0.4, -0.2) is 39.6 Å². The second-order valence-corrected chi connectivity index (χ2v) is 6.32. The van der Waals surface area contributed by atoms with Crippen molar-refractivity contribution < 1.29 is 25.1 Å². The Morgan fingerprint density at radius 3 is 2.16 bits per heavy atom. The lowest BCUT2D eigenvalue weighted by Crippen LogP contribution is -2.23. The monoisotopic (exact) mass is 359 g/mol. The van der Waals surface area contributed by atoms with Crippen LogP contribution < -0.4 is 5.64 Å². The van der Waals surface area contributed by atoms with Crippen LogP contribution in [0, 0.1) is 0 Å². The summed E-state index contributed by atoms with van der Waals surface area (Å²) < 4.78 is 0. The molecule has 0 saturated carbocycles. The average molecular weight is 359 g/mol. The number of aliphatic hydroxyl groups excluding tert-OH is 1. The highest BCUT2D eigenvalue weighted by Crippen LogP contribution is 2.10. The van der Waals surface area contributed by atoms with Gasteiger partial charge in [-0.05, 0) is 32.1 Å². The Labute approximate surface area is 153 Å². The molecule has 0 unspecified atom stereocenters. The summed E-state index contributed by atoms with van der Waals surface area (Å²) in [5, 5.41) is 33.1. The van der Waals surface area contributed by atoms with Gasteiger partial charge >= 0.3 is 13.2 Å². The maximum atomic E-state index is 10.3. The summed E-state index contributed by atoms with van der Waals surface area (Å²) in [6.07, 6.45) is 17.4. The number of hydrogen-bond acceptors (Lipinski definition) is 5. The molecule has 148 valence electrons. The number of aliphatic carboxylic acids is 1. The molecule has 0 heterocycles. The van der Waals surface area contributed by atoms with Gasteiger partial charge in [0.1, 0.15) is 0 Å². The molecule has 0 aromatic heterocycles. The fourth-order valence-electron chi connectivity index (χ4n) is 2.36. The maximum absolute atomic E-state index is 10.3. The first kappa shape index (κ1) is 26.3. The largest absolute Gasteiger partial charge is 0.546 e. The summed E-state index contributed by atoms with van der Waals surface area (Å²) in [6, 6.07) is 0. The van der Waals surface area contributed by atoms with Crippen LogP contribution in [-0.2, 0) is 4.79 Å². The number of carboxylic acids is 1. The highest BCUT2D eigenvalue weighted by molar-refractivity contribution is 6.36. The van der Waals surface area contributed by atoms with Crippen molar-refractivity contribution in [2.75, 3.05) is 0 Å². The highest BCUT2D eigenvalue weighted by Gasteiger charge is 2.00. The zero-order valence-corrected chi connectivity index (χ0v) is 15.8. The molecule has 0 fully saturated rings. The van der Waals surface area contributed by atoms with Gasteiger partial charge in [0.05, 0.1) is 6.10 Å². The van der Waals surface area contributed by atoms with Crippen molar-refractivity contribution in [3.63, 3.8) is 0 Å². The zero-order chi connectivity index (χ0) is 19.3. The first-order valence-electron chi connectivity index (χ1n) is 9.56. The molecule has 0 aliphatic heterocycles. The number of nitrogens with two attached hydrogens (primary N) is 1. The first-order valence-corrected chi connectivity index (χ1v) is 9.56. The van der Waals surface area contributed by atoms with E-state index in [9.17, 15) is 9.90 Å². The van der Waals surface area contributed by atoms with Crippen LogP contribution >= 0.6 is 0 Å². The molecule has 0 bridgehead atoms. The molecule has 6 nitrogen and oxygen atoms in total. The molecule has 25 heavy (non-hydrogen) atoms. The highest BCUT2D eigenvalue weighted by atomic mass is 16.4. The third-order valence-electron chi connectivity index (χ3n) is 3.73. The van der Waals surface area contributed by atoms with E-state index >= 15 is 0 Å². The Morgan fingerprint density at radius 1 is 1.00 bits per heavy atom. The number of carboxylic acid groups (broad SMARTS) is 1. The lowest BCUT2D eigenvalue weighted by molar-refractivity contribution is -0.137. The van der Waals surface area contributed by atoms with Gasteiger partial charge in [0.2, 0.25) is 0 Å². The Balaban J connectivity index is 0. The Morgan fingerprint density at radius 2 is 1.56 bits per heavy atom. The van der Waals surface area contributed by atoms with Crippen molar-refractivity contribution >= 4 is 13.2 Å². The minimum absolute atomic E-state index is 0.172. The molecule has 0 spiro atoms. The van der Waals surface area contributed by atoms with Crippen LogP contribution in [0.15, 0.2) is 12.2 Å². The number of aliphatic hydroxyl groups is 1. The van der Waals surface area contributed by atoms with Crippen molar-refractivity contribution in [2.24, 2.45) is 5.64 Å². The first-order chi connectivity index (χ1) is 11.9. The Hall–Kier alpha value is -0.885. The normalized spacial score (nSPS) is 11.9. The van der Waals surface area contributed by atoms with Gasteiger partial charge in [0.15, 0.2) is 0 Å². The van der Waals surface area contributed by atoms with Gasteiger partial charge < -0.3 is 25.9 Å². The van der Waals surface area contributed by atoms with Gasteiger partial charge in [-0.25, -0.2) is 0 Å². The molecular formula is C18H38BNO5. The molecule has 0 aliphatic rings. The standard InChI is InChI=1S/C18H34O3.BH4NO2/c1-2-3-4-11-14-17(19)15-12-9-7-5-6-8-10-13-16-18(20)21;2-1(3)4/h9,12,17,19H,2-8,10-11,13-16H2,1H3,(H,20,21);3-4H,2H2/b12-9-;/t17-;/m1./s1. The molecule has 0 aromatic rings. The molecule has 0 amide bonds. The van der Waals surface area contributed by atoms with Crippen molar-refractivity contribution in [3.05, 3.63) is 12.2 Å². The third kappa shape index (κ3) is 31.4. The summed E-state index contributed by atoms with van der Waals surface area (Å²) in [5.41, 5.74) is 4.22. The number of allylic oxidation sites excluding steroid dienone is 1. The second-order valence-electron chi connectivity index (χ2n) is 6.32. The zero-order valence-electron chi connectivity index (χ0n) is 15.8. The van der Waals surface area contributed by atoms with Crippen molar-refractivity contribution in [1.82, 2.24) is 0 Å². The average Bonchev–Trinajstić information content (AvgIpc) is 2.52. The van der Waals surface area contributed by atoms with Gasteiger partial charge in [-0.1, -0.05) is 64.0 Å². The Bertz CT molecular complexity index is 311. The smallest absolute Gasteiger partial charge is 0.481 e. The van der Waals surface area contributed by atoms with Crippen LogP contribution in [0.3, 0.4) is 0 Å². The van der Waals surface area contributed by atoms with Gasteiger partial charge in [0.25, 0.3) is 0 Å². The lowest BCUT2D eigenvalue weighted by atomic mass is 10.1. The molecule has 0 saturated heterocycles. The number of hydrogen-bond donors (Lipinski definition) is 5. The SMILES string of the molecule is CCCCCC[C@@H](O)C/C=C\CCCCCCCC(=O)O.NB(O)O. The second kappa shape index (κ2) is 21.2. The van der Waals surface area contributed by atoms with Crippen molar-refractivity contribution in [1.29, 1.82) is 0 Å². The van der Waals surface area contributed by atoms with Crippen LogP contribution in [0.4, 0.5) is 0 Å². The van der Waals surface area contributed by atoms with Gasteiger partial charge in [-0.3, -0.25) is 4.79 Å². The molecule has 7 heteroatoms. The van der Waals surface area contributed by atoms with E-state index in [2.05, 4.69) is 24.7 Å². The molecule has 0 aromatic carbocycles. The van der Waals surface area contributed by atoms with E-state index in [0.29, 0.717) is 6.42 Å². The number of carbonyl (C=O) groups is 1. The predicted octanol–water partition coefficient (Wildman–Crippen LogP) is 2.99. The Kier molecular flexibility index (Phi) is 22.3. The maximum Gasteiger partial charge on any atom is 0.546 e. The summed E-state index contributed by atoms with van der Waals surface area (Å²) in [7, 11) is -1.67. The van der Waals surface area contributed by atoms with E-state index in [0.717, 1.165) is 51.4 Å². The van der Waals surface area contributed by atoms with Crippen molar-refractivity contribution in [2.45, 2.75) is 96.5 Å². The van der Waals surface area contributed by atoms with E-state index in [1.165, 1.54) is 25.7 Å². The predicted molar refractivity (Wildman–Crippen MR) is 103 cm³/mol. The van der Waals surface area contributed by atoms with Crippen LogP contribution in [0.1, 0.15) is 90.4 Å². The number of rotatable bonds is 15. The minimum atomic E-state index is -1.67. The van der Waals surface area contributed by atoms with Crippen LogP contribution in [0.2, 0.25) is 0 Å². The van der Waals surface area contributed by atoms with E-state index in [1.54, 1.807) is 0 Å². The topological polar surface area (TPSA) is 124 Å². The van der Waals surface area contributed by atoms with E-state index in [1.807, 2.05) is 0 Å². The summed E-state index contributed by atoms with van der Waals surface area (Å²) >= 11 is 0. The fourth-order valence-corrected chi connectivity index (χ4v) is 2.36. The fraction of sp³-hybridized carbons (Fsp3) is 0.833. The van der Waals surface area contributed by atoms with Gasteiger partial charge in [-0.15, -0.1) is 0 Å². The lowest BCUT2D eigenvalue weighted by Gasteiger charge is -2.07. The van der Waals surface area contributed by atoms with E-state index < -0.39 is 13.2 Å². The van der Waals surface area contributed by atoms with Gasteiger partial charge in [0, 0.05) is 6.42 Å². The summed E-state index contributed by atoms with van der Waals surface area (Å²) in [4.78, 5) is 10.3. The molecule has 1 atom stereocenters. The third-order valence-corrected chi connectivity index (χ3v) is 3.73. The van der Waals surface area contributed by atoms with E-state index in [4.69, 9.17) is 15.2 Å². The molecule has 0 radical (unpaired) electrons.